The summed E-state index contributed by atoms with van der Waals surface area (Å²) in [5, 5.41) is 16.3. The molecule has 0 amide bonds. The molecule has 0 radical (unpaired) electrons. The van der Waals surface area contributed by atoms with Crippen molar-refractivity contribution in [2.75, 3.05) is 0 Å². The Morgan fingerprint density at radius 3 is 2.33 bits per heavy atom. The zero-order valence-corrected chi connectivity index (χ0v) is 8.43. The molecular formula is C9H14O6. The summed E-state index contributed by atoms with van der Waals surface area (Å²) < 4.78 is 0. The molecular weight excluding hydrogens is 204 g/mol. The van der Waals surface area contributed by atoms with Gasteiger partial charge in [-0.1, -0.05) is 26.3 Å². The zero-order valence-electron chi connectivity index (χ0n) is 8.43. The van der Waals surface area contributed by atoms with Crippen LogP contribution in [-0.4, -0.2) is 22.5 Å². The molecule has 1 unspecified atom stereocenters. The van der Waals surface area contributed by atoms with Crippen LogP contribution in [0.4, 0.5) is 0 Å². The van der Waals surface area contributed by atoms with E-state index in [1.165, 1.54) is 0 Å². The molecule has 0 aromatic rings. The van der Waals surface area contributed by atoms with Gasteiger partial charge < -0.3 is 4.89 Å². The fourth-order valence-corrected chi connectivity index (χ4v) is 1.11. The molecule has 0 aromatic carbocycles. The molecule has 2 N–H and O–H groups in total. The molecule has 0 saturated carbocycles. The zero-order chi connectivity index (χ0) is 11.8. The number of unbranched alkanes of at least 4 members (excludes halogenated alkanes) is 1. The van der Waals surface area contributed by atoms with Crippen molar-refractivity contribution >= 4 is 11.9 Å². The predicted molar refractivity (Wildman–Crippen MR) is 49.6 cm³/mol. The third-order valence-electron chi connectivity index (χ3n) is 1.99. The Morgan fingerprint density at radius 1 is 1.33 bits per heavy atom. The average Bonchev–Trinajstić information content (AvgIpc) is 2.27. The minimum absolute atomic E-state index is 0.245. The lowest BCUT2D eigenvalue weighted by Crippen LogP contribution is -2.23. The van der Waals surface area contributed by atoms with Gasteiger partial charge in [-0.3, -0.25) is 4.89 Å². The lowest BCUT2D eigenvalue weighted by atomic mass is 9.95. The van der Waals surface area contributed by atoms with Gasteiger partial charge in [0.15, 0.2) is 0 Å². The van der Waals surface area contributed by atoms with Crippen molar-refractivity contribution in [2.24, 2.45) is 5.92 Å². The quantitative estimate of drug-likeness (QED) is 0.397. The van der Waals surface area contributed by atoms with Crippen LogP contribution in [0, 0.1) is 5.92 Å². The van der Waals surface area contributed by atoms with Crippen molar-refractivity contribution in [1.29, 1.82) is 0 Å². The van der Waals surface area contributed by atoms with Crippen LogP contribution in [0.3, 0.4) is 0 Å². The summed E-state index contributed by atoms with van der Waals surface area (Å²) in [7, 11) is 0. The van der Waals surface area contributed by atoms with E-state index in [-0.39, 0.29) is 5.57 Å². The molecule has 0 bridgehead atoms. The van der Waals surface area contributed by atoms with E-state index < -0.39 is 17.9 Å². The number of hydrogen-bond acceptors (Lipinski definition) is 6. The maximum absolute atomic E-state index is 11.1. The number of carbonyl (C=O) groups excluding carboxylic acids is 2. The molecule has 1 atom stereocenters. The highest BCUT2D eigenvalue weighted by Gasteiger charge is 2.28. The van der Waals surface area contributed by atoms with E-state index in [4.69, 9.17) is 10.5 Å². The normalized spacial score (nSPS) is 11.7. The van der Waals surface area contributed by atoms with Gasteiger partial charge in [-0.05, 0) is 6.42 Å². The molecule has 0 aliphatic carbocycles. The Labute approximate surface area is 87.0 Å². The summed E-state index contributed by atoms with van der Waals surface area (Å²) >= 11 is 0. The topological polar surface area (TPSA) is 93.1 Å². The summed E-state index contributed by atoms with van der Waals surface area (Å²) in [5.41, 5.74) is -0.245. The van der Waals surface area contributed by atoms with Gasteiger partial charge >= 0.3 is 11.9 Å². The van der Waals surface area contributed by atoms with Crippen molar-refractivity contribution in [3.05, 3.63) is 12.2 Å². The van der Waals surface area contributed by atoms with E-state index in [0.717, 1.165) is 6.42 Å². The van der Waals surface area contributed by atoms with Gasteiger partial charge in [0, 0.05) is 5.57 Å². The fraction of sp³-hybridized carbons (Fsp3) is 0.556. The predicted octanol–water partition coefficient (Wildman–Crippen LogP) is 1.38. The highest BCUT2D eigenvalue weighted by Crippen LogP contribution is 2.19. The van der Waals surface area contributed by atoms with Crippen LogP contribution in [0.2, 0.25) is 0 Å². The smallest absolute Gasteiger partial charge is 0.300 e. The first kappa shape index (κ1) is 13.6. The summed E-state index contributed by atoms with van der Waals surface area (Å²) in [4.78, 5) is 28.9. The Bertz CT molecular complexity index is 247. The molecule has 6 nitrogen and oxygen atoms in total. The molecule has 0 heterocycles. The minimum Gasteiger partial charge on any atom is -0.300 e. The summed E-state index contributed by atoms with van der Waals surface area (Å²) in [6, 6.07) is 0. The van der Waals surface area contributed by atoms with Gasteiger partial charge in [-0.15, -0.1) is 0 Å². The maximum Gasteiger partial charge on any atom is 0.369 e. The van der Waals surface area contributed by atoms with Gasteiger partial charge in [0.1, 0.15) is 0 Å². The van der Waals surface area contributed by atoms with Crippen LogP contribution in [0.5, 0.6) is 0 Å². The highest BCUT2D eigenvalue weighted by atomic mass is 17.1. The van der Waals surface area contributed by atoms with Crippen LogP contribution >= 0.6 is 0 Å². The highest BCUT2D eigenvalue weighted by molar-refractivity contribution is 5.94. The van der Waals surface area contributed by atoms with E-state index in [1.54, 1.807) is 0 Å². The molecule has 0 aliphatic rings. The van der Waals surface area contributed by atoms with Gasteiger partial charge in [0.25, 0.3) is 0 Å². The summed E-state index contributed by atoms with van der Waals surface area (Å²) in [5.74, 6) is -3.09. The molecule has 0 aliphatic heterocycles. The van der Waals surface area contributed by atoms with Crippen LogP contribution in [0.25, 0.3) is 0 Å². The molecule has 0 aromatic heterocycles. The molecule has 0 spiro atoms. The lowest BCUT2D eigenvalue weighted by molar-refractivity contribution is -0.241. The van der Waals surface area contributed by atoms with Crippen molar-refractivity contribution in [3.8, 4) is 0 Å². The third kappa shape index (κ3) is 4.09. The van der Waals surface area contributed by atoms with Crippen molar-refractivity contribution in [3.63, 3.8) is 0 Å². The van der Waals surface area contributed by atoms with Gasteiger partial charge in [0.05, 0.1) is 5.92 Å². The minimum atomic E-state index is -1.11. The SMILES string of the molecule is C=C(C(=O)OO)C(CCCC)C(=O)OO. The Morgan fingerprint density at radius 2 is 1.93 bits per heavy atom. The van der Waals surface area contributed by atoms with Crippen molar-refractivity contribution < 1.29 is 29.9 Å². The standard InChI is InChI=1S/C9H14O6/c1-3-4-5-7(9(11)15-13)6(2)8(10)14-12/h7,12-13H,2-5H2,1H3. The number of carbonyl (C=O) groups is 2. The first-order chi connectivity index (χ1) is 7.08. The van der Waals surface area contributed by atoms with Crippen LogP contribution < -0.4 is 0 Å². The number of hydrogen-bond donors (Lipinski definition) is 2. The van der Waals surface area contributed by atoms with Gasteiger partial charge in [0.2, 0.25) is 0 Å². The maximum atomic E-state index is 11.1. The Kier molecular flexibility index (Phi) is 6.32. The number of rotatable bonds is 6. The average molecular weight is 218 g/mol. The fourth-order valence-electron chi connectivity index (χ4n) is 1.11. The second-order valence-corrected chi connectivity index (χ2v) is 3.01. The Hall–Kier alpha value is -1.40. The molecule has 0 rings (SSSR count). The first-order valence-corrected chi connectivity index (χ1v) is 4.48. The second kappa shape index (κ2) is 6.97. The van der Waals surface area contributed by atoms with Crippen molar-refractivity contribution in [2.45, 2.75) is 26.2 Å². The van der Waals surface area contributed by atoms with E-state index >= 15 is 0 Å². The van der Waals surface area contributed by atoms with E-state index in [1.807, 2.05) is 6.92 Å². The second-order valence-electron chi connectivity index (χ2n) is 3.01. The van der Waals surface area contributed by atoms with Gasteiger partial charge in [-0.2, -0.15) is 10.5 Å². The van der Waals surface area contributed by atoms with Crippen molar-refractivity contribution in [1.82, 2.24) is 0 Å². The Balaban J connectivity index is 4.54. The molecule has 6 heteroatoms. The summed E-state index contributed by atoms with van der Waals surface area (Å²) in [6.07, 6.45) is 1.75. The van der Waals surface area contributed by atoms with Crippen LogP contribution in [-0.2, 0) is 19.4 Å². The molecule has 86 valence electrons. The molecule has 0 saturated heterocycles. The first-order valence-electron chi connectivity index (χ1n) is 4.48. The summed E-state index contributed by atoms with van der Waals surface area (Å²) in [6.45, 7) is 5.20. The molecule has 0 fully saturated rings. The third-order valence-corrected chi connectivity index (χ3v) is 1.99. The van der Waals surface area contributed by atoms with E-state index in [2.05, 4.69) is 16.4 Å². The monoisotopic (exact) mass is 218 g/mol. The van der Waals surface area contributed by atoms with Crippen LogP contribution in [0.1, 0.15) is 26.2 Å². The van der Waals surface area contributed by atoms with E-state index in [0.29, 0.717) is 12.8 Å². The van der Waals surface area contributed by atoms with Gasteiger partial charge in [-0.25, -0.2) is 9.59 Å². The lowest BCUT2D eigenvalue weighted by Gasteiger charge is -2.12. The van der Waals surface area contributed by atoms with Crippen LogP contribution in [0.15, 0.2) is 12.2 Å². The molecule has 15 heavy (non-hydrogen) atoms. The van der Waals surface area contributed by atoms with E-state index in [9.17, 15) is 9.59 Å². The largest absolute Gasteiger partial charge is 0.369 e.